The number of hydrogen-bond acceptors (Lipinski definition) is 6. The Bertz CT molecular complexity index is 1130. The zero-order valence-electron chi connectivity index (χ0n) is 18.7. The maximum atomic E-state index is 12.8. The van der Waals surface area contributed by atoms with Crippen LogP contribution >= 0.6 is 0 Å². The van der Waals surface area contributed by atoms with E-state index in [1.54, 1.807) is 42.2 Å². The van der Waals surface area contributed by atoms with Crippen molar-refractivity contribution in [2.45, 2.75) is 44.0 Å². The maximum absolute atomic E-state index is 12.8. The first kappa shape index (κ1) is 23.6. The van der Waals surface area contributed by atoms with Crippen LogP contribution in [-0.2, 0) is 25.8 Å². The average molecular weight is 461 g/mol. The van der Waals surface area contributed by atoms with Gasteiger partial charge in [-0.1, -0.05) is 6.92 Å². The topological polar surface area (TPSA) is 102 Å². The summed E-state index contributed by atoms with van der Waals surface area (Å²) >= 11 is 0. The molecular weight excluding hydrogens is 432 g/mol. The predicted molar refractivity (Wildman–Crippen MR) is 122 cm³/mol. The van der Waals surface area contributed by atoms with E-state index in [-0.39, 0.29) is 29.0 Å². The van der Waals surface area contributed by atoms with Crippen molar-refractivity contribution in [3.8, 4) is 11.5 Å². The molecule has 172 valence electrons. The summed E-state index contributed by atoms with van der Waals surface area (Å²) in [5, 5.41) is 2.68. The Morgan fingerprint density at radius 1 is 1.09 bits per heavy atom. The number of nitrogens with zero attached hydrogens (tertiary/aromatic N) is 1. The Morgan fingerprint density at radius 2 is 1.81 bits per heavy atom. The molecule has 3 rings (SSSR count). The quantitative estimate of drug-likeness (QED) is 0.649. The number of nitrogens with one attached hydrogen (secondary N) is 1. The van der Waals surface area contributed by atoms with Crippen LogP contribution in [0.25, 0.3) is 0 Å². The molecule has 1 N–H and O–H groups in total. The number of fused-ring (bicyclic) bond motifs is 1. The molecule has 0 unspecified atom stereocenters. The van der Waals surface area contributed by atoms with Gasteiger partial charge < -0.3 is 19.7 Å². The molecule has 8 nitrogen and oxygen atoms in total. The third-order valence-corrected chi connectivity index (χ3v) is 7.18. The molecule has 0 spiro atoms. The summed E-state index contributed by atoms with van der Waals surface area (Å²) in [6.07, 6.45) is 0.799. The molecule has 0 aliphatic carbocycles. The zero-order valence-corrected chi connectivity index (χ0v) is 19.5. The summed E-state index contributed by atoms with van der Waals surface area (Å²) in [4.78, 5) is 26.4. The number of benzene rings is 2. The van der Waals surface area contributed by atoms with Crippen molar-refractivity contribution in [3.05, 3.63) is 42.0 Å². The number of sulfone groups is 1. The lowest BCUT2D eigenvalue weighted by Gasteiger charge is -2.22. The van der Waals surface area contributed by atoms with E-state index in [9.17, 15) is 18.0 Å². The molecular formula is C23H28N2O6S. The number of methoxy groups -OCH3 is 2. The van der Waals surface area contributed by atoms with Crippen LogP contribution in [0.5, 0.6) is 11.5 Å². The fourth-order valence-corrected chi connectivity index (χ4v) is 5.12. The van der Waals surface area contributed by atoms with Gasteiger partial charge in [0.1, 0.15) is 0 Å². The van der Waals surface area contributed by atoms with E-state index < -0.39 is 15.7 Å². The fourth-order valence-electron chi connectivity index (χ4n) is 3.83. The molecule has 0 radical (unpaired) electrons. The van der Waals surface area contributed by atoms with Crippen LogP contribution in [-0.4, -0.2) is 46.2 Å². The van der Waals surface area contributed by atoms with Gasteiger partial charge in [-0.25, -0.2) is 8.42 Å². The van der Waals surface area contributed by atoms with Crippen molar-refractivity contribution in [2.75, 3.05) is 30.2 Å². The first-order valence-electron chi connectivity index (χ1n) is 10.4. The lowest BCUT2D eigenvalue weighted by atomic mass is 10.1. The Kier molecular flexibility index (Phi) is 7.08. The zero-order chi connectivity index (χ0) is 23.5. The van der Waals surface area contributed by atoms with E-state index in [4.69, 9.17) is 9.47 Å². The highest BCUT2D eigenvalue weighted by Crippen LogP contribution is 2.34. The van der Waals surface area contributed by atoms with Gasteiger partial charge in [-0.05, 0) is 49.2 Å². The summed E-state index contributed by atoms with van der Waals surface area (Å²) in [6, 6.07) is 9.72. The second kappa shape index (κ2) is 9.60. The molecule has 2 aromatic carbocycles. The maximum Gasteiger partial charge on any atom is 0.226 e. The minimum Gasteiger partial charge on any atom is -0.493 e. The second-order valence-electron chi connectivity index (χ2n) is 7.65. The molecule has 1 aliphatic heterocycles. The smallest absolute Gasteiger partial charge is 0.226 e. The van der Waals surface area contributed by atoms with E-state index in [1.807, 2.05) is 6.92 Å². The highest BCUT2D eigenvalue weighted by Gasteiger charge is 2.31. The Hall–Kier alpha value is -3.07. The van der Waals surface area contributed by atoms with Crippen molar-refractivity contribution in [1.29, 1.82) is 0 Å². The highest BCUT2D eigenvalue weighted by atomic mass is 32.2. The molecule has 2 aromatic rings. The first-order chi connectivity index (χ1) is 15.2. The molecule has 1 atom stereocenters. The van der Waals surface area contributed by atoms with Crippen LogP contribution in [0.3, 0.4) is 0 Å². The van der Waals surface area contributed by atoms with Crippen molar-refractivity contribution in [3.63, 3.8) is 0 Å². The largest absolute Gasteiger partial charge is 0.493 e. The third-order valence-electron chi connectivity index (χ3n) is 5.46. The van der Waals surface area contributed by atoms with Gasteiger partial charge in [0.25, 0.3) is 0 Å². The molecule has 0 aromatic heterocycles. The monoisotopic (exact) mass is 460 g/mol. The van der Waals surface area contributed by atoms with Gasteiger partial charge in [0.15, 0.2) is 21.3 Å². The Morgan fingerprint density at radius 3 is 2.47 bits per heavy atom. The number of carbonyl (C=O) groups excluding carboxylic acids is 2. The van der Waals surface area contributed by atoms with Crippen LogP contribution in [0.15, 0.2) is 41.3 Å². The van der Waals surface area contributed by atoms with E-state index >= 15 is 0 Å². The standard InChI is InChI=1S/C23H28N2O6S/c1-5-23(27)25-15(2)12-16-13-18(7-8-19(16)25)32(28,29)11-10-22(26)24-17-6-9-20(30-3)21(14-17)31-4/h6-9,13-15H,5,10-12H2,1-4H3,(H,24,26)/t15-/m1/s1. The molecule has 0 fully saturated rings. The van der Waals surface area contributed by atoms with Crippen LogP contribution in [0.1, 0.15) is 32.3 Å². The van der Waals surface area contributed by atoms with E-state index in [0.29, 0.717) is 30.0 Å². The summed E-state index contributed by atoms with van der Waals surface area (Å²) in [6.45, 7) is 3.75. The van der Waals surface area contributed by atoms with Crippen LogP contribution in [0.4, 0.5) is 11.4 Å². The molecule has 32 heavy (non-hydrogen) atoms. The number of anilines is 2. The van der Waals surface area contributed by atoms with Crippen LogP contribution in [0.2, 0.25) is 0 Å². The molecule has 9 heteroatoms. The number of carbonyl (C=O) groups is 2. The SMILES string of the molecule is CCC(=O)N1c2ccc(S(=O)(=O)CCC(=O)Nc3ccc(OC)c(OC)c3)cc2C[C@H]1C. The Labute approximate surface area is 188 Å². The molecule has 0 saturated heterocycles. The van der Waals surface area contributed by atoms with Gasteiger partial charge in [0, 0.05) is 36.3 Å². The minimum absolute atomic E-state index is 0.0114. The predicted octanol–water partition coefficient (Wildman–Crippen LogP) is 3.19. The van der Waals surface area contributed by atoms with Gasteiger partial charge >= 0.3 is 0 Å². The van der Waals surface area contributed by atoms with Crippen molar-refractivity contribution >= 4 is 33.0 Å². The number of ether oxygens (including phenoxy) is 2. The summed E-state index contributed by atoms with van der Waals surface area (Å²) in [5.41, 5.74) is 2.07. The average Bonchev–Trinajstić information content (AvgIpc) is 3.12. The summed E-state index contributed by atoms with van der Waals surface area (Å²) in [5.74, 6) is 0.256. The van der Waals surface area contributed by atoms with Gasteiger partial charge in [0.2, 0.25) is 11.8 Å². The highest BCUT2D eigenvalue weighted by molar-refractivity contribution is 7.91. The van der Waals surface area contributed by atoms with Crippen molar-refractivity contribution < 1.29 is 27.5 Å². The van der Waals surface area contributed by atoms with E-state index in [1.165, 1.54) is 20.3 Å². The lowest BCUT2D eigenvalue weighted by Crippen LogP contribution is -2.35. The minimum atomic E-state index is -3.66. The van der Waals surface area contributed by atoms with Crippen LogP contribution < -0.4 is 19.7 Å². The van der Waals surface area contributed by atoms with Crippen molar-refractivity contribution in [2.24, 2.45) is 0 Å². The normalized spacial score (nSPS) is 15.2. The molecule has 0 saturated carbocycles. The second-order valence-corrected chi connectivity index (χ2v) is 9.76. The summed E-state index contributed by atoms with van der Waals surface area (Å²) in [7, 11) is -0.658. The van der Waals surface area contributed by atoms with Gasteiger partial charge in [-0.3, -0.25) is 9.59 Å². The number of rotatable bonds is 8. The molecule has 2 amide bonds. The Balaban J connectivity index is 1.68. The molecule has 1 aliphatic rings. The number of amides is 2. The third kappa shape index (κ3) is 4.88. The van der Waals surface area contributed by atoms with E-state index in [0.717, 1.165) is 11.3 Å². The first-order valence-corrected chi connectivity index (χ1v) is 12.0. The van der Waals surface area contributed by atoms with Gasteiger partial charge in [-0.15, -0.1) is 0 Å². The van der Waals surface area contributed by atoms with Gasteiger partial charge in [-0.2, -0.15) is 0 Å². The van der Waals surface area contributed by atoms with Crippen molar-refractivity contribution in [1.82, 2.24) is 0 Å². The summed E-state index contributed by atoms with van der Waals surface area (Å²) < 4.78 is 36.0. The van der Waals surface area contributed by atoms with Gasteiger partial charge in [0.05, 0.1) is 24.9 Å². The van der Waals surface area contributed by atoms with E-state index in [2.05, 4.69) is 5.32 Å². The molecule has 0 bridgehead atoms. The number of hydrogen-bond donors (Lipinski definition) is 1. The lowest BCUT2D eigenvalue weighted by molar-refractivity contribution is -0.118. The van der Waals surface area contributed by atoms with Crippen LogP contribution in [0, 0.1) is 0 Å². The fraction of sp³-hybridized carbons (Fsp3) is 0.391. The molecule has 1 heterocycles.